The lowest BCUT2D eigenvalue weighted by Gasteiger charge is -2.21. The van der Waals surface area contributed by atoms with E-state index in [-0.39, 0.29) is 6.29 Å². The summed E-state index contributed by atoms with van der Waals surface area (Å²) in [4.78, 5) is 10.0. The third-order valence-electron chi connectivity index (χ3n) is 1.40. The molecule has 4 heteroatoms. The Balaban J connectivity index is 2.94. The minimum atomic E-state index is -3.04. The Bertz CT molecular complexity index is 231. The number of alkyl halides is 2. The van der Waals surface area contributed by atoms with Gasteiger partial charge in [0.25, 0.3) is 5.85 Å². The summed E-state index contributed by atoms with van der Waals surface area (Å²) in [6, 6.07) is 0. The SMILES string of the molecule is O=CC1=CC=CC(O)(F)C1F. The van der Waals surface area contributed by atoms with Crippen molar-refractivity contribution in [1.82, 2.24) is 0 Å². The summed E-state index contributed by atoms with van der Waals surface area (Å²) in [5, 5.41) is 8.62. The first-order chi connectivity index (χ1) is 5.08. The molecule has 2 unspecified atom stereocenters. The Morgan fingerprint density at radius 3 is 2.82 bits per heavy atom. The molecule has 0 fully saturated rings. The molecule has 0 saturated carbocycles. The van der Waals surface area contributed by atoms with Crippen molar-refractivity contribution < 1.29 is 18.7 Å². The van der Waals surface area contributed by atoms with Crippen LogP contribution in [0.1, 0.15) is 0 Å². The standard InChI is InChI=1S/C7H6F2O2/c8-6-5(4-10)2-1-3-7(6,9)11/h1-4,6,11H. The third kappa shape index (κ3) is 1.35. The first-order valence-corrected chi connectivity index (χ1v) is 2.98. The molecule has 0 spiro atoms. The lowest BCUT2D eigenvalue weighted by molar-refractivity contribution is -0.112. The van der Waals surface area contributed by atoms with E-state index in [4.69, 9.17) is 5.11 Å². The van der Waals surface area contributed by atoms with Gasteiger partial charge < -0.3 is 5.11 Å². The summed E-state index contributed by atoms with van der Waals surface area (Å²) in [7, 11) is 0. The van der Waals surface area contributed by atoms with Crippen LogP contribution in [0, 0.1) is 0 Å². The Hall–Kier alpha value is -1.03. The van der Waals surface area contributed by atoms with Gasteiger partial charge in [-0.1, -0.05) is 12.2 Å². The van der Waals surface area contributed by atoms with Gasteiger partial charge in [-0.3, -0.25) is 4.79 Å². The molecule has 0 aromatic carbocycles. The average Bonchev–Trinajstić information content (AvgIpc) is 1.95. The van der Waals surface area contributed by atoms with Crippen molar-refractivity contribution >= 4 is 6.29 Å². The van der Waals surface area contributed by atoms with Gasteiger partial charge in [-0.25, -0.2) is 8.78 Å². The zero-order valence-corrected chi connectivity index (χ0v) is 5.50. The molecule has 0 aliphatic heterocycles. The summed E-state index contributed by atoms with van der Waals surface area (Å²) < 4.78 is 25.2. The monoisotopic (exact) mass is 160 g/mol. The van der Waals surface area contributed by atoms with Crippen molar-refractivity contribution in [1.29, 1.82) is 0 Å². The number of rotatable bonds is 1. The van der Waals surface area contributed by atoms with Crippen molar-refractivity contribution in [2.75, 3.05) is 0 Å². The highest BCUT2D eigenvalue weighted by molar-refractivity contribution is 5.76. The van der Waals surface area contributed by atoms with E-state index in [9.17, 15) is 13.6 Å². The number of allylic oxidation sites excluding steroid dienone is 2. The number of aldehydes is 1. The molecule has 60 valence electrons. The Kier molecular flexibility index (Phi) is 1.87. The quantitative estimate of drug-likeness (QED) is 0.572. The average molecular weight is 160 g/mol. The molecule has 11 heavy (non-hydrogen) atoms. The van der Waals surface area contributed by atoms with Gasteiger partial charge in [0.15, 0.2) is 6.17 Å². The summed E-state index contributed by atoms with van der Waals surface area (Å²) in [6.45, 7) is 0. The number of aliphatic hydroxyl groups is 1. The minimum absolute atomic E-state index is 0.179. The van der Waals surface area contributed by atoms with Crippen molar-refractivity contribution in [3.05, 3.63) is 23.8 Å². The van der Waals surface area contributed by atoms with Crippen LogP contribution in [-0.4, -0.2) is 23.4 Å². The molecular weight excluding hydrogens is 154 g/mol. The number of carbonyl (C=O) groups is 1. The molecular formula is C7H6F2O2. The third-order valence-corrected chi connectivity index (χ3v) is 1.40. The summed E-state index contributed by atoms with van der Waals surface area (Å²) in [5.41, 5.74) is -0.391. The zero-order chi connectivity index (χ0) is 8.48. The summed E-state index contributed by atoms with van der Waals surface area (Å²) in [6.07, 6.45) is 0.777. The van der Waals surface area contributed by atoms with E-state index < -0.39 is 17.6 Å². The van der Waals surface area contributed by atoms with E-state index >= 15 is 0 Å². The van der Waals surface area contributed by atoms with Gasteiger partial charge >= 0.3 is 0 Å². The Morgan fingerprint density at radius 1 is 1.73 bits per heavy atom. The lowest BCUT2D eigenvalue weighted by atomic mass is 10.00. The molecule has 0 saturated heterocycles. The highest BCUT2D eigenvalue weighted by Crippen LogP contribution is 2.26. The first kappa shape index (κ1) is 8.07. The lowest BCUT2D eigenvalue weighted by Crippen LogP contribution is -2.35. The Labute approximate surface area is 61.8 Å². The van der Waals surface area contributed by atoms with Crippen LogP contribution in [0.4, 0.5) is 8.78 Å². The molecule has 2 nitrogen and oxygen atoms in total. The molecule has 1 rings (SSSR count). The molecule has 0 bridgehead atoms. The van der Waals surface area contributed by atoms with E-state index in [1.165, 1.54) is 0 Å². The van der Waals surface area contributed by atoms with Crippen molar-refractivity contribution in [3.63, 3.8) is 0 Å². The van der Waals surface area contributed by atoms with Gasteiger partial charge in [0.1, 0.15) is 6.29 Å². The predicted molar refractivity (Wildman–Crippen MR) is 34.2 cm³/mol. The summed E-state index contributed by atoms with van der Waals surface area (Å²) >= 11 is 0. The number of carbonyl (C=O) groups excluding carboxylic acids is 1. The van der Waals surface area contributed by atoms with Gasteiger partial charge in [-0.15, -0.1) is 0 Å². The van der Waals surface area contributed by atoms with Crippen LogP contribution < -0.4 is 0 Å². The topological polar surface area (TPSA) is 37.3 Å². The van der Waals surface area contributed by atoms with Crippen LogP contribution in [0.25, 0.3) is 0 Å². The zero-order valence-electron chi connectivity index (χ0n) is 5.50. The molecule has 1 aliphatic rings. The van der Waals surface area contributed by atoms with Crippen LogP contribution in [0.2, 0.25) is 0 Å². The molecule has 0 amide bonds. The fourth-order valence-corrected chi connectivity index (χ4v) is 0.796. The number of halogens is 2. The van der Waals surface area contributed by atoms with Crippen molar-refractivity contribution in [3.8, 4) is 0 Å². The van der Waals surface area contributed by atoms with Crippen LogP contribution in [0.5, 0.6) is 0 Å². The molecule has 1 N–H and O–H groups in total. The Morgan fingerprint density at radius 2 is 2.36 bits per heavy atom. The molecule has 2 atom stereocenters. The van der Waals surface area contributed by atoms with Crippen LogP contribution in [-0.2, 0) is 4.79 Å². The van der Waals surface area contributed by atoms with E-state index in [0.717, 1.165) is 12.2 Å². The van der Waals surface area contributed by atoms with Crippen molar-refractivity contribution in [2.24, 2.45) is 0 Å². The minimum Gasteiger partial charge on any atom is -0.356 e. The predicted octanol–water partition coefficient (Wildman–Crippen LogP) is 0.678. The van der Waals surface area contributed by atoms with E-state index in [1.807, 2.05) is 0 Å². The number of hydrogen-bond acceptors (Lipinski definition) is 2. The van der Waals surface area contributed by atoms with Crippen molar-refractivity contribution in [2.45, 2.75) is 12.0 Å². The highest BCUT2D eigenvalue weighted by Gasteiger charge is 2.38. The van der Waals surface area contributed by atoms with Gasteiger partial charge in [0.05, 0.1) is 0 Å². The highest BCUT2D eigenvalue weighted by atomic mass is 19.2. The van der Waals surface area contributed by atoms with Gasteiger partial charge in [0.2, 0.25) is 0 Å². The van der Waals surface area contributed by atoms with Gasteiger partial charge in [-0.2, -0.15) is 0 Å². The maximum Gasteiger partial charge on any atom is 0.262 e. The fourth-order valence-electron chi connectivity index (χ4n) is 0.796. The molecule has 0 heterocycles. The molecule has 0 radical (unpaired) electrons. The van der Waals surface area contributed by atoms with Gasteiger partial charge in [0, 0.05) is 5.57 Å². The maximum absolute atomic E-state index is 12.7. The maximum atomic E-state index is 12.7. The fraction of sp³-hybridized carbons (Fsp3) is 0.286. The largest absolute Gasteiger partial charge is 0.356 e. The van der Waals surface area contributed by atoms with E-state index in [1.54, 1.807) is 0 Å². The molecule has 0 aromatic rings. The molecule has 1 aliphatic carbocycles. The van der Waals surface area contributed by atoms with E-state index in [0.29, 0.717) is 6.08 Å². The van der Waals surface area contributed by atoms with Crippen LogP contribution >= 0.6 is 0 Å². The second-order valence-electron chi connectivity index (χ2n) is 2.23. The van der Waals surface area contributed by atoms with E-state index in [2.05, 4.69) is 0 Å². The molecule has 0 aromatic heterocycles. The van der Waals surface area contributed by atoms with Crippen LogP contribution in [0.15, 0.2) is 23.8 Å². The first-order valence-electron chi connectivity index (χ1n) is 2.98. The normalized spacial score (nSPS) is 36.6. The number of hydrogen-bond donors (Lipinski definition) is 1. The van der Waals surface area contributed by atoms with Crippen LogP contribution in [0.3, 0.4) is 0 Å². The second-order valence-corrected chi connectivity index (χ2v) is 2.23. The second kappa shape index (κ2) is 2.54. The summed E-state index contributed by atoms with van der Waals surface area (Å²) in [5.74, 6) is -3.04. The van der Waals surface area contributed by atoms with Gasteiger partial charge in [-0.05, 0) is 6.08 Å². The smallest absolute Gasteiger partial charge is 0.262 e.